The lowest BCUT2D eigenvalue weighted by Gasteiger charge is -2.09. The molecule has 0 aliphatic heterocycles. The predicted octanol–water partition coefficient (Wildman–Crippen LogP) is 2.34. The highest BCUT2D eigenvalue weighted by Crippen LogP contribution is 2.25. The molecule has 0 radical (unpaired) electrons. The molecule has 0 saturated heterocycles. The Morgan fingerprint density at radius 2 is 2.05 bits per heavy atom. The number of nitrogens with one attached hydrogen (secondary N) is 1. The highest BCUT2D eigenvalue weighted by atomic mass is 15.4. The molecule has 1 N–H and O–H groups in total. The van der Waals surface area contributed by atoms with Crippen molar-refractivity contribution in [1.29, 1.82) is 0 Å². The average molecular weight is 256 g/mol. The van der Waals surface area contributed by atoms with E-state index in [1.807, 2.05) is 11.7 Å². The van der Waals surface area contributed by atoms with Crippen molar-refractivity contribution in [3.63, 3.8) is 0 Å². The van der Waals surface area contributed by atoms with E-state index in [-0.39, 0.29) is 6.04 Å². The zero-order valence-electron chi connectivity index (χ0n) is 11.8. The molecule has 19 heavy (non-hydrogen) atoms. The molecule has 4 heteroatoms. The second-order valence-corrected chi connectivity index (χ2v) is 5.29. The fourth-order valence-electron chi connectivity index (χ4n) is 2.81. The fourth-order valence-corrected chi connectivity index (χ4v) is 2.81. The van der Waals surface area contributed by atoms with Gasteiger partial charge in [-0.1, -0.05) is 11.3 Å². The first-order valence-corrected chi connectivity index (χ1v) is 6.92. The SMILES string of the molecule is CNC(C)c1nnn(-c2ccc3c(c2)CCC3)c1C. The molecule has 1 aromatic heterocycles. The first kappa shape index (κ1) is 12.4. The maximum absolute atomic E-state index is 4.31. The summed E-state index contributed by atoms with van der Waals surface area (Å²) in [5.41, 5.74) is 6.21. The van der Waals surface area contributed by atoms with Crippen LogP contribution in [0.2, 0.25) is 0 Å². The summed E-state index contributed by atoms with van der Waals surface area (Å²) in [5.74, 6) is 0. The first-order chi connectivity index (χ1) is 9.20. The standard InChI is InChI=1S/C15H20N4/c1-10(16-3)15-11(2)19(18-17-15)14-8-7-12-5-4-6-13(12)9-14/h7-10,16H,4-6H2,1-3H3. The van der Waals surface area contributed by atoms with Gasteiger partial charge in [0.1, 0.15) is 5.69 Å². The van der Waals surface area contributed by atoms with Crippen molar-refractivity contribution in [2.75, 3.05) is 7.05 Å². The van der Waals surface area contributed by atoms with Gasteiger partial charge in [-0.2, -0.15) is 0 Å². The van der Waals surface area contributed by atoms with Gasteiger partial charge in [-0.3, -0.25) is 0 Å². The highest BCUT2D eigenvalue weighted by Gasteiger charge is 2.16. The summed E-state index contributed by atoms with van der Waals surface area (Å²) in [5, 5.41) is 11.8. The molecule has 2 aromatic rings. The Bertz CT molecular complexity index is 600. The Hall–Kier alpha value is -1.68. The van der Waals surface area contributed by atoms with Crippen LogP contribution >= 0.6 is 0 Å². The Labute approximate surface area is 113 Å². The van der Waals surface area contributed by atoms with Gasteiger partial charge < -0.3 is 5.32 Å². The number of aryl methyl sites for hydroxylation is 2. The largest absolute Gasteiger partial charge is 0.312 e. The molecule has 0 amide bonds. The third kappa shape index (κ3) is 2.06. The quantitative estimate of drug-likeness (QED) is 0.916. The van der Waals surface area contributed by atoms with E-state index in [2.05, 4.69) is 47.7 Å². The van der Waals surface area contributed by atoms with Crippen LogP contribution in [0.4, 0.5) is 0 Å². The lowest BCUT2D eigenvalue weighted by Crippen LogP contribution is -2.14. The van der Waals surface area contributed by atoms with Crippen LogP contribution < -0.4 is 5.32 Å². The molecule has 1 heterocycles. The number of hydrogen-bond donors (Lipinski definition) is 1. The van der Waals surface area contributed by atoms with Gasteiger partial charge in [0.15, 0.2) is 0 Å². The van der Waals surface area contributed by atoms with Crippen LogP contribution in [0.1, 0.15) is 41.9 Å². The predicted molar refractivity (Wildman–Crippen MR) is 75.6 cm³/mol. The molecule has 1 aromatic carbocycles. The smallest absolute Gasteiger partial charge is 0.103 e. The summed E-state index contributed by atoms with van der Waals surface area (Å²) in [6, 6.07) is 6.88. The van der Waals surface area contributed by atoms with Gasteiger partial charge >= 0.3 is 0 Å². The third-order valence-corrected chi connectivity index (χ3v) is 4.10. The molecule has 0 saturated carbocycles. The van der Waals surface area contributed by atoms with E-state index in [0.29, 0.717) is 0 Å². The molecule has 0 spiro atoms. The first-order valence-electron chi connectivity index (χ1n) is 6.92. The van der Waals surface area contributed by atoms with Crippen molar-refractivity contribution in [1.82, 2.24) is 20.3 Å². The molecule has 1 aliphatic carbocycles. The van der Waals surface area contributed by atoms with Crippen molar-refractivity contribution in [3.05, 3.63) is 40.7 Å². The minimum Gasteiger partial charge on any atom is -0.312 e. The summed E-state index contributed by atoms with van der Waals surface area (Å²) in [4.78, 5) is 0. The number of rotatable bonds is 3. The van der Waals surface area contributed by atoms with E-state index in [1.165, 1.54) is 30.4 Å². The summed E-state index contributed by atoms with van der Waals surface area (Å²) in [6.07, 6.45) is 3.68. The molecule has 1 unspecified atom stereocenters. The van der Waals surface area contributed by atoms with E-state index >= 15 is 0 Å². The average Bonchev–Trinajstić information content (AvgIpc) is 3.03. The molecule has 0 fully saturated rings. The molecule has 1 aliphatic rings. The second-order valence-electron chi connectivity index (χ2n) is 5.29. The number of fused-ring (bicyclic) bond motifs is 1. The van der Waals surface area contributed by atoms with Crippen LogP contribution in [0.5, 0.6) is 0 Å². The lowest BCUT2D eigenvalue weighted by atomic mass is 10.1. The van der Waals surface area contributed by atoms with Crippen molar-refractivity contribution in [2.45, 2.75) is 39.2 Å². The summed E-state index contributed by atoms with van der Waals surface area (Å²) in [6.45, 7) is 4.18. The fraction of sp³-hybridized carbons (Fsp3) is 0.467. The second kappa shape index (κ2) is 4.78. The minimum atomic E-state index is 0.225. The maximum atomic E-state index is 4.31. The summed E-state index contributed by atoms with van der Waals surface area (Å²) in [7, 11) is 1.94. The molecular formula is C15H20N4. The monoisotopic (exact) mass is 256 g/mol. The van der Waals surface area contributed by atoms with Gasteiger partial charge in [0.25, 0.3) is 0 Å². The molecule has 100 valence electrons. The van der Waals surface area contributed by atoms with Crippen LogP contribution in [0, 0.1) is 6.92 Å². The van der Waals surface area contributed by atoms with Gasteiger partial charge in [-0.05, 0) is 63.4 Å². The van der Waals surface area contributed by atoms with Crippen LogP contribution in [-0.4, -0.2) is 22.0 Å². The molecule has 4 nitrogen and oxygen atoms in total. The number of nitrogens with zero attached hydrogens (tertiary/aromatic N) is 3. The molecule has 3 rings (SSSR count). The Balaban J connectivity index is 2.01. The summed E-state index contributed by atoms with van der Waals surface area (Å²) < 4.78 is 1.95. The van der Waals surface area contributed by atoms with Crippen molar-refractivity contribution in [3.8, 4) is 5.69 Å². The maximum Gasteiger partial charge on any atom is 0.103 e. The van der Waals surface area contributed by atoms with E-state index in [9.17, 15) is 0 Å². The highest BCUT2D eigenvalue weighted by molar-refractivity contribution is 5.43. The zero-order chi connectivity index (χ0) is 13.4. The Kier molecular flexibility index (Phi) is 3.11. The number of hydrogen-bond acceptors (Lipinski definition) is 3. The van der Waals surface area contributed by atoms with Gasteiger partial charge in [0.05, 0.1) is 17.4 Å². The topological polar surface area (TPSA) is 42.7 Å². The van der Waals surface area contributed by atoms with E-state index in [1.54, 1.807) is 0 Å². The van der Waals surface area contributed by atoms with Gasteiger partial charge in [-0.25, -0.2) is 4.68 Å². The lowest BCUT2D eigenvalue weighted by molar-refractivity contribution is 0.627. The zero-order valence-corrected chi connectivity index (χ0v) is 11.8. The van der Waals surface area contributed by atoms with Gasteiger partial charge in [0, 0.05) is 0 Å². The normalized spacial score (nSPS) is 15.5. The Morgan fingerprint density at radius 1 is 1.26 bits per heavy atom. The van der Waals surface area contributed by atoms with Crippen molar-refractivity contribution in [2.24, 2.45) is 0 Å². The van der Waals surface area contributed by atoms with Crippen molar-refractivity contribution >= 4 is 0 Å². The third-order valence-electron chi connectivity index (χ3n) is 4.10. The van der Waals surface area contributed by atoms with Crippen LogP contribution in [-0.2, 0) is 12.8 Å². The van der Waals surface area contributed by atoms with E-state index < -0.39 is 0 Å². The number of aromatic nitrogens is 3. The Morgan fingerprint density at radius 3 is 2.84 bits per heavy atom. The molecule has 1 atom stereocenters. The van der Waals surface area contributed by atoms with E-state index in [4.69, 9.17) is 0 Å². The van der Waals surface area contributed by atoms with E-state index in [0.717, 1.165) is 17.1 Å². The minimum absolute atomic E-state index is 0.225. The molecular weight excluding hydrogens is 236 g/mol. The van der Waals surface area contributed by atoms with Crippen LogP contribution in [0.25, 0.3) is 5.69 Å². The summed E-state index contributed by atoms with van der Waals surface area (Å²) >= 11 is 0. The molecule has 0 bridgehead atoms. The van der Waals surface area contributed by atoms with Crippen LogP contribution in [0.15, 0.2) is 18.2 Å². The van der Waals surface area contributed by atoms with Crippen LogP contribution in [0.3, 0.4) is 0 Å². The number of benzene rings is 1. The van der Waals surface area contributed by atoms with Gasteiger partial charge in [-0.15, -0.1) is 5.10 Å². The van der Waals surface area contributed by atoms with Gasteiger partial charge in [0.2, 0.25) is 0 Å². The van der Waals surface area contributed by atoms with Crippen molar-refractivity contribution < 1.29 is 0 Å².